The van der Waals surface area contributed by atoms with E-state index >= 15 is 0 Å². The molecule has 1 aromatic carbocycles. The van der Waals surface area contributed by atoms with Gasteiger partial charge in [0.05, 0.1) is 12.2 Å². The van der Waals surface area contributed by atoms with Crippen LogP contribution in [-0.2, 0) is 11.2 Å². The lowest BCUT2D eigenvalue weighted by Gasteiger charge is -2.37. The third-order valence-electron chi connectivity index (χ3n) is 3.24. The number of hydrogen-bond acceptors (Lipinski definition) is 3. The van der Waals surface area contributed by atoms with Crippen molar-refractivity contribution in [3.63, 3.8) is 0 Å². The average Bonchev–Trinajstić information content (AvgIpc) is 2.30. The van der Waals surface area contributed by atoms with E-state index in [0.29, 0.717) is 6.54 Å². The van der Waals surface area contributed by atoms with Crippen molar-refractivity contribution in [3.8, 4) is 0 Å². The van der Waals surface area contributed by atoms with Crippen LogP contribution in [0.5, 0.6) is 0 Å². The largest absolute Gasteiger partial charge is 0.372 e. The van der Waals surface area contributed by atoms with Crippen molar-refractivity contribution < 1.29 is 4.74 Å². The Morgan fingerprint density at radius 2 is 2.00 bits per heavy atom. The molecule has 2 atom stereocenters. The van der Waals surface area contributed by atoms with Gasteiger partial charge in [0.15, 0.2) is 0 Å². The molecule has 0 spiro atoms. The molecular formula is C14H21BrN2O. The summed E-state index contributed by atoms with van der Waals surface area (Å²) in [5.41, 5.74) is 8.13. The number of anilines is 1. The molecule has 0 aromatic heterocycles. The van der Waals surface area contributed by atoms with Gasteiger partial charge in [0.2, 0.25) is 0 Å². The van der Waals surface area contributed by atoms with Gasteiger partial charge in [-0.2, -0.15) is 0 Å². The second-order valence-electron chi connectivity index (χ2n) is 4.98. The minimum Gasteiger partial charge on any atom is -0.372 e. The molecule has 1 saturated heterocycles. The molecule has 0 unspecified atom stereocenters. The molecule has 2 rings (SSSR count). The Morgan fingerprint density at radius 3 is 2.56 bits per heavy atom. The second kappa shape index (κ2) is 6.04. The van der Waals surface area contributed by atoms with E-state index in [9.17, 15) is 0 Å². The van der Waals surface area contributed by atoms with Crippen molar-refractivity contribution in [1.82, 2.24) is 0 Å². The van der Waals surface area contributed by atoms with Crippen molar-refractivity contribution in [2.45, 2.75) is 32.5 Å². The predicted molar refractivity (Wildman–Crippen MR) is 79.1 cm³/mol. The van der Waals surface area contributed by atoms with Crippen LogP contribution in [0.3, 0.4) is 0 Å². The van der Waals surface area contributed by atoms with Crippen LogP contribution in [0.4, 0.5) is 5.69 Å². The van der Waals surface area contributed by atoms with Gasteiger partial charge in [-0.25, -0.2) is 0 Å². The van der Waals surface area contributed by atoms with Gasteiger partial charge in [0.25, 0.3) is 0 Å². The Labute approximate surface area is 117 Å². The molecule has 2 N–H and O–H groups in total. The maximum Gasteiger partial charge on any atom is 0.0726 e. The Morgan fingerprint density at radius 1 is 1.33 bits per heavy atom. The van der Waals surface area contributed by atoms with Gasteiger partial charge in [-0.1, -0.05) is 22.0 Å². The van der Waals surface area contributed by atoms with E-state index in [2.05, 4.69) is 52.9 Å². The molecule has 1 heterocycles. The number of nitrogens with zero attached hydrogens (tertiary/aromatic N) is 1. The van der Waals surface area contributed by atoms with Gasteiger partial charge >= 0.3 is 0 Å². The molecule has 1 aliphatic rings. The van der Waals surface area contributed by atoms with E-state index in [1.807, 2.05) is 0 Å². The second-order valence-corrected chi connectivity index (χ2v) is 5.83. The number of rotatable bonds is 3. The van der Waals surface area contributed by atoms with Gasteiger partial charge < -0.3 is 15.4 Å². The fraction of sp³-hybridized carbons (Fsp3) is 0.571. The summed E-state index contributed by atoms with van der Waals surface area (Å²) in [6, 6.07) is 6.54. The van der Waals surface area contributed by atoms with E-state index in [4.69, 9.17) is 10.5 Å². The van der Waals surface area contributed by atoms with Crippen LogP contribution >= 0.6 is 15.9 Å². The number of halogens is 1. The molecular weight excluding hydrogens is 292 g/mol. The first kappa shape index (κ1) is 13.8. The number of ether oxygens (including phenoxy) is 1. The first-order valence-corrected chi connectivity index (χ1v) is 7.28. The van der Waals surface area contributed by atoms with Crippen molar-refractivity contribution in [1.29, 1.82) is 0 Å². The lowest BCUT2D eigenvalue weighted by Crippen LogP contribution is -2.45. The number of morpholine rings is 1. The minimum absolute atomic E-state index is 0.288. The van der Waals surface area contributed by atoms with E-state index in [1.54, 1.807) is 0 Å². The monoisotopic (exact) mass is 312 g/mol. The SMILES string of the molecule is C[C@@H]1CN(c2ccc(CCN)c(Br)c2)C[C@H](C)O1. The van der Waals surface area contributed by atoms with Gasteiger partial charge in [-0.3, -0.25) is 0 Å². The summed E-state index contributed by atoms with van der Waals surface area (Å²) < 4.78 is 6.91. The quantitative estimate of drug-likeness (QED) is 0.932. The van der Waals surface area contributed by atoms with Crippen molar-refractivity contribution in [2.24, 2.45) is 5.73 Å². The molecule has 0 amide bonds. The molecule has 1 fully saturated rings. The Bertz CT molecular complexity index is 401. The minimum atomic E-state index is 0.288. The highest BCUT2D eigenvalue weighted by molar-refractivity contribution is 9.10. The zero-order valence-electron chi connectivity index (χ0n) is 11.0. The molecule has 100 valence electrons. The Balaban J connectivity index is 2.15. The first-order valence-electron chi connectivity index (χ1n) is 6.49. The zero-order chi connectivity index (χ0) is 13.1. The van der Waals surface area contributed by atoms with E-state index < -0.39 is 0 Å². The molecule has 0 radical (unpaired) electrons. The molecule has 3 nitrogen and oxygen atoms in total. The molecule has 4 heteroatoms. The van der Waals surface area contributed by atoms with E-state index in [1.165, 1.54) is 11.3 Å². The highest BCUT2D eigenvalue weighted by Crippen LogP contribution is 2.26. The van der Waals surface area contributed by atoms with Crippen LogP contribution in [0.2, 0.25) is 0 Å². The van der Waals surface area contributed by atoms with Crippen LogP contribution in [0.25, 0.3) is 0 Å². The summed E-state index contributed by atoms with van der Waals surface area (Å²) in [6.07, 6.45) is 1.49. The Kier molecular flexibility index (Phi) is 4.65. The summed E-state index contributed by atoms with van der Waals surface area (Å²) in [5, 5.41) is 0. The van der Waals surface area contributed by atoms with Crippen molar-refractivity contribution in [3.05, 3.63) is 28.2 Å². The number of benzene rings is 1. The predicted octanol–water partition coefficient (Wildman–Crippen LogP) is 2.56. The molecule has 0 saturated carbocycles. The first-order chi connectivity index (χ1) is 8.60. The summed E-state index contributed by atoms with van der Waals surface area (Å²) in [6.45, 7) is 6.84. The smallest absolute Gasteiger partial charge is 0.0726 e. The van der Waals surface area contributed by atoms with Crippen LogP contribution in [-0.4, -0.2) is 31.8 Å². The molecule has 18 heavy (non-hydrogen) atoms. The maximum absolute atomic E-state index is 5.76. The number of hydrogen-bond donors (Lipinski definition) is 1. The van der Waals surface area contributed by atoms with Crippen molar-refractivity contribution >= 4 is 21.6 Å². The summed E-state index contributed by atoms with van der Waals surface area (Å²) in [5.74, 6) is 0. The van der Waals surface area contributed by atoms with Crippen molar-refractivity contribution in [2.75, 3.05) is 24.5 Å². The van der Waals surface area contributed by atoms with Crippen LogP contribution in [0, 0.1) is 0 Å². The fourth-order valence-corrected chi connectivity index (χ4v) is 3.04. The standard InChI is InChI=1S/C14H21BrN2O/c1-10-8-17(9-11(2)18-10)13-4-3-12(5-6-16)14(15)7-13/h3-4,7,10-11H,5-6,8-9,16H2,1-2H3/t10-,11+. The highest BCUT2D eigenvalue weighted by Gasteiger charge is 2.22. The summed E-state index contributed by atoms with van der Waals surface area (Å²) in [4.78, 5) is 2.38. The maximum atomic E-state index is 5.76. The van der Waals surface area contributed by atoms with Crippen LogP contribution in [0.15, 0.2) is 22.7 Å². The highest BCUT2D eigenvalue weighted by atomic mass is 79.9. The Hall–Kier alpha value is -0.580. The third kappa shape index (κ3) is 3.25. The lowest BCUT2D eigenvalue weighted by atomic mass is 10.1. The zero-order valence-corrected chi connectivity index (χ0v) is 12.6. The fourth-order valence-electron chi connectivity index (χ4n) is 2.48. The normalized spacial score (nSPS) is 24.3. The van der Waals surface area contributed by atoms with E-state index in [0.717, 1.165) is 24.0 Å². The number of nitrogens with two attached hydrogens (primary N) is 1. The molecule has 0 aliphatic carbocycles. The third-order valence-corrected chi connectivity index (χ3v) is 3.97. The average molecular weight is 313 g/mol. The summed E-state index contributed by atoms with van der Waals surface area (Å²) >= 11 is 3.63. The van der Waals surface area contributed by atoms with Gasteiger partial charge in [-0.15, -0.1) is 0 Å². The lowest BCUT2D eigenvalue weighted by molar-refractivity contribution is -0.00521. The molecule has 1 aromatic rings. The molecule has 1 aliphatic heterocycles. The molecule has 0 bridgehead atoms. The summed E-state index contributed by atoms with van der Waals surface area (Å²) in [7, 11) is 0. The topological polar surface area (TPSA) is 38.5 Å². The van der Waals surface area contributed by atoms with Crippen LogP contribution in [0.1, 0.15) is 19.4 Å². The van der Waals surface area contributed by atoms with Gasteiger partial charge in [0, 0.05) is 23.2 Å². The van der Waals surface area contributed by atoms with E-state index in [-0.39, 0.29) is 12.2 Å². The van der Waals surface area contributed by atoms with Gasteiger partial charge in [0.1, 0.15) is 0 Å². The van der Waals surface area contributed by atoms with Crippen LogP contribution < -0.4 is 10.6 Å². The van der Waals surface area contributed by atoms with Gasteiger partial charge in [-0.05, 0) is 44.5 Å².